The number of hydrogen-bond donors (Lipinski definition) is 2. The number of aromatic nitrogens is 1. The molecule has 0 saturated carbocycles. The predicted octanol–water partition coefficient (Wildman–Crippen LogP) is 4.40. The topological polar surface area (TPSA) is 75.4 Å². The first-order valence-corrected chi connectivity index (χ1v) is 7.16. The van der Waals surface area contributed by atoms with Crippen LogP contribution in [0.25, 0.3) is 11.3 Å². The van der Waals surface area contributed by atoms with Crippen LogP contribution in [0, 0.1) is 13.8 Å². The molecule has 0 radical (unpaired) electrons. The molecule has 0 aliphatic heterocycles. The van der Waals surface area contributed by atoms with Crippen LogP contribution in [0.15, 0.2) is 53.1 Å². The molecule has 5 heteroatoms. The lowest BCUT2D eigenvalue weighted by Gasteiger charge is -2.05. The second kappa shape index (κ2) is 5.96. The number of carboxylic acid groups (broad SMARTS) is 1. The first-order chi connectivity index (χ1) is 11.0. The van der Waals surface area contributed by atoms with E-state index in [4.69, 9.17) is 9.52 Å². The van der Waals surface area contributed by atoms with Crippen LogP contribution in [0.4, 0.5) is 11.7 Å². The molecule has 0 spiro atoms. The smallest absolute Gasteiger partial charge is 0.335 e. The van der Waals surface area contributed by atoms with Gasteiger partial charge in [-0.25, -0.2) is 9.78 Å². The van der Waals surface area contributed by atoms with Gasteiger partial charge in [0, 0.05) is 11.3 Å². The van der Waals surface area contributed by atoms with Crippen LogP contribution in [0.2, 0.25) is 0 Å². The Morgan fingerprint density at radius 2 is 1.74 bits per heavy atom. The van der Waals surface area contributed by atoms with E-state index in [0.717, 1.165) is 22.4 Å². The van der Waals surface area contributed by atoms with Gasteiger partial charge in [-0.2, -0.15) is 0 Å². The first-order valence-electron chi connectivity index (χ1n) is 7.16. The van der Waals surface area contributed by atoms with Crippen LogP contribution in [-0.2, 0) is 0 Å². The molecule has 0 amide bonds. The Hall–Kier alpha value is -3.08. The maximum Gasteiger partial charge on any atom is 0.335 e. The minimum Gasteiger partial charge on any atom is -0.478 e. The van der Waals surface area contributed by atoms with Gasteiger partial charge in [0.05, 0.1) is 11.8 Å². The third-order valence-electron chi connectivity index (χ3n) is 3.40. The van der Waals surface area contributed by atoms with Crippen molar-refractivity contribution in [2.75, 3.05) is 5.32 Å². The van der Waals surface area contributed by atoms with E-state index < -0.39 is 5.97 Å². The Labute approximate surface area is 133 Å². The van der Waals surface area contributed by atoms with Crippen LogP contribution < -0.4 is 5.32 Å². The lowest BCUT2D eigenvalue weighted by atomic mass is 10.1. The molecule has 23 heavy (non-hydrogen) atoms. The van der Waals surface area contributed by atoms with Crippen molar-refractivity contribution in [1.82, 2.24) is 4.98 Å². The number of nitrogens with one attached hydrogen (secondary N) is 1. The highest BCUT2D eigenvalue weighted by Gasteiger charge is 2.08. The number of benzene rings is 2. The normalized spacial score (nSPS) is 10.5. The molecule has 2 N–H and O–H groups in total. The van der Waals surface area contributed by atoms with Crippen molar-refractivity contribution in [1.29, 1.82) is 0 Å². The average Bonchev–Trinajstić information content (AvgIpc) is 2.94. The van der Waals surface area contributed by atoms with E-state index in [1.165, 1.54) is 12.1 Å². The molecule has 1 aromatic heterocycles. The summed E-state index contributed by atoms with van der Waals surface area (Å²) in [7, 11) is 0. The number of anilines is 2. The van der Waals surface area contributed by atoms with Crippen LogP contribution >= 0.6 is 0 Å². The monoisotopic (exact) mass is 308 g/mol. The first kappa shape index (κ1) is 14.8. The molecule has 116 valence electrons. The van der Waals surface area contributed by atoms with Gasteiger partial charge in [-0.3, -0.25) is 0 Å². The van der Waals surface area contributed by atoms with Crippen molar-refractivity contribution >= 4 is 17.7 Å². The van der Waals surface area contributed by atoms with Crippen LogP contribution in [0.5, 0.6) is 0 Å². The fraction of sp³-hybridized carbons (Fsp3) is 0.111. The summed E-state index contributed by atoms with van der Waals surface area (Å²) in [6, 6.07) is 13.0. The maximum atomic E-state index is 10.9. The molecular weight excluding hydrogens is 292 g/mol. The molecule has 5 nitrogen and oxygen atoms in total. The average molecular weight is 308 g/mol. The minimum atomic E-state index is -0.953. The summed E-state index contributed by atoms with van der Waals surface area (Å²) < 4.78 is 5.68. The van der Waals surface area contributed by atoms with E-state index in [2.05, 4.69) is 16.4 Å². The lowest BCUT2D eigenvalue weighted by Crippen LogP contribution is -1.94. The SMILES string of the molecule is Cc1cc(C)cc(Nc2ncc(-c3ccc(C(=O)O)cc3)o2)c1. The van der Waals surface area contributed by atoms with Gasteiger partial charge in [0.25, 0.3) is 6.01 Å². The Bertz CT molecular complexity index is 831. The van der Waals surface area contributed by atoms with Crippen LogP contribution in [0.1, 0.15) is 21.5 Å². The Kier molecular flexibility index (Phi) is 3.85. The van der Waals surface area contributed by atoms with Crippen LogP contribution in [-0.4, -0.2) is 16.1 Å². The number of carbonyl (C=O) groups is 1. The van der Waals surface area contributed by atoms with Gasteiger partial charge >= 0.3 is 5.97 Å². The van der Waals surface area contributed by atoms with Gasteiger partial charge < -0.3 is 14.8 Å². The summed E-state index contributed by atoms with van der Waals surface area (Å²) in [5, 5.41) is 12.0. The third kappa shape index (κ3) is 3.40. The quantitative estimate of drug-likeness (QED) is 0.747. The zero-order valence-corrected chi connectivity index (χ0v) is 12.8. The Morgan fingerprint density at radius 1 is 1.09 bits per heavy atom. The zero-order chi connectivity index (χ0) is 16.4. The van der Waals surface area contributed by atoms with Gasteiger partial charge in [-0.05, 0) is 49.2 Å². The lowest BCUT2D eigenvalue weighted by molar-refractivity contribution is 0.0697. The molecule has 0 bridgehead atoms. The molecule has 0 aliphatic carbocycles. The van der Waals surface area contributed by atoms with Crippen molar-refractivity contribution in [2.45, 2.75) is 13.8 Å². The highest BCUT2D eigenvalue weighted by Crippen LogP contribution is 2.25. The predicted molar refractivity (Wildman–Crippen MR) is 88.1 cm³/mol. The van der Waals surface area contributed by atoms with Crippen LogP contribution in [0.3, 0.4) is 0 Å². The summed E-state index contributed by atoms with van der Waals surface area (Å²) >= 11 is 0. The molecular formula is C18H16N2O3. The fourth-order valence-electron chi connectivity index (χ4n) is 2.41. The van der Waals surface area contributed by atoms with Gasteiger partial charge in [0.1, 0.15) is 0 Å². The van der Waals surface area contributed by atoms with E-state index in [1.54, 1.807) is 18.3 Å². The second-order valence-corrected chi connectivity index (χ2v) is 5.41. The summed E-state index contributed by atoms with van der Waals surface area (Å²) in [6.45, 7) is 4.06. The zero-order valence-electron chi connectivity index (χ0n) is 12.8. The Balaban J connectivity index is 1.81. The molecule has 3 aromatic rings. The third-order valence-corrected chi connectivity index (χ3v) is 3.40. The summed E-state index contributed by atoms with van der Waals surface area (Å²) in [4.78, 5) is 15.1. The van der Waals surface area contributed by atoms with Crippen molar-refractivity contribution in [3.63, 3.8) is 0 Å². The largest absolute Gasteiger partial charge is 0.478 e. The molecule has 2 aromatic carbocycles. The minimum absolute atomic E-state index is 0.238. The number of aryl methyl sites for hydroxylation is 2. The number of aromatic carboxylic acids is 1. The molecule has 0 fully saturated rings. The van der Waals surface area contributed by atoms with E-state index in [-0.39, 0.29) is 5.56 Å². The van der Waals surface area contributed by atoms with E-state index in [1.807, 2.05) is 26.0 Å². The summed E-state index contributed by atoms with van der Waals surface area (Å²) in [5.74, 6) is -0.375. The molecule has 0 aliphatic rings. The molecule has 0 unspecified atom stereocenters. The second-order valence-electron chi connectivity index (χ2n) is 5.41. The maximum absolute atomic E-state index is 10.9. The number of hydrogen-bond acceptors (Lipinski definition) is 4. The fourth-order valence-corrected chi connectivity index (χ4v) is 2.41. The molecule has 0 atom stereocenters. The van der Waals surface area contributed by atoms with E-state index >= 15 is 0 Å². The number of oxazole rings is 1. The van der Waals surface area contributed by atoms with Gasteiger partial charge in [-0.15, -0.1) is 0 Å². The van der Waals surface area contributed by atoms with Gasteiger partial charge in [-0.1, -0.05) is 18.2 Å². The van der Waals surface area contributed by atoms with Crippen molar-refractivity contribution in [2.24, 2.45) is 0 Å². The highest BCUT2D eigenvalue weighted by molar-refractivity contribution is 5.88. The van der Waals surface area contributed by atoms with Crippen molar-refractivity contribution in [3.8, 4) is 11.3 Å². The van der Waals surface area contributed by atoms with Gasteiger partial charge in [0.15, 0.2) is 5.76 Å². The number of carboxylic acids is 1. The Morgan fingerprint density at radius 3 is 2.35 bits per heavy atom. The summed E-state index contributed by atoms with van der Waals surface area (Å²) in [6.07, 6.45) is 1.61. The molecule has 0 saturated heterocycles. The highest BCUT2D eigenvalue weighted by atomic mass is 16.4. The van der Waals surface area contributed by atoms with E-state index in [9.17, 15) is 4.79 Å². The van der Waals surface area contributed by atoms with Crippen molar-refractivity contribution < 1.29 is 14.3 Å². The number of rotatable bonds is 4. The molecule has 1 heterocycles. The summed E-state index contributed by atoms with van der Waals surface area (Å²) in [5.41, 5.74) is 4.24. The molecule has 3 rings (SSSR count). The number of nitrogens with zero attached hydrogens (tertiary/aromatic N) is 1. The van der Waals surface area contributed by atoms with Gasteiger partial charge in [0.2, 0.25) is 0 Å². The standard InChI is InChI=1S/C18H16N2O3/c1-11-7-12(2)9-15(8-11)20-18-19-10-16(23-18)13-3-5-14(6-4-13)17(21)22/h3-10H,1-2H3,(H,19,20)(H,21,22). The van der Waals surface area contributed by atoms with Crippen molar-refractivity contribution in [3.05, 3.63) is 65.4 Å². The van der Waals surface area contributed by atoms with E-state index in [0.29, 0.717) is 11.8 Å².